The molecule has 7 rings (SSSR count). The lowest BCUT2D eigenvalue weighted by Crippen LogP contribution is -2.44. The molecule has 0 spiro atoms. The van der Waals surface area contributed by atoms with E-state index in [9.17, 15) is 5.26 Å². The molecule has 2 aliphatic heterocycles. The fraction of sp³-hybridized carbons (Fsp3) is 0.379. The summed E-state index contributed by atoms with van der Waals surface area (Å²) in [6.45, 7) is 8.20. The molecule has 0 amide bonds. The van der Waals surface area contributed by atoms with Crippen LogP contribution in [0.3, 0.4) is 0 Å². The maximum Gasteiger partial charge on any atom is 0.227 e. The van der Waals surface area contributed by atoms with E-state index in [1.807, 2.05) is 34.0 Å². The van der Waals surface area contributed by atoms with Crippen LogP contribution in [-0.4, -0.2) is 37.5 Å². The standard InChI is InChI=1S/C29H27N7/c1-31-23-13-24-8-9-25(14-23)36(24)27-3-2-12-35-28(27)26(16-33-35)21-6-4-20(5-7-21)22-15-32-34(17-22)19-29(18-30)10-11-29/h2-7,12,15-17,23-25H,8-11,13-14,19H2. The van der Waals surface area contributed by atoms with Crippen molar-refractivity contribution in [3.8, 4) is 28.3 Å². The maximum absolute atomic E-state index is 9.38. The second kappa shape index (κ2) is 7.96. The van der Waals surface area contributed by atoms with Gasteiger partial charge in [0.05, 0.1) is 41.6 Å². The summed E-state index contributed by atoms with van der Waals surface area (Å²) in [5, 5.41) is 18.6. The van der Waals surface area contributed by atoms with Gasteiger partial charge in [-0.1, -0.05) is 24.3 Å². The summed E-state index contributed by atoms with van der Waals surface area (Å²) in [5.41, 5.74) is 6.61. The largest absolute Gasteiger partial charge is 0.363 e. The zero-order valence-corrected chi connectivity index (χ0v) is 20.1. The minimum Gasteiger partial charge on any atom is -0.363 e. The van der Waals surface area contributed by atoms with Crippen molar-refractivity contribution >= 4 is 11.2 Å². The Hall–Kier alpha value is -4.10. The van der Waals surface area contributed by atoms with Gasteiger partial charge in [-0.2, -0.15) is 15.5 Å². The van der Waals surface area contributed by atoms with Crippen LogP contribution in [0.5, 0.6) is 0 Å². The minimum absolute atomic E-state index is 0.162. The molecule has 3 fully saturated rings. The number of piperidine rings is 1. The lowest BCUT2D eigenvalue weighted by molar-refractivity contribution is 0.448. The van der Waals surface area contributed by atoms with Gasteiger partial charge in [-0.3, -0.25) is 4.68 Å². The van der Waals surface area contributed by atoms with Gasteiger partial charge in [0.2, 0.25) is 6.04 Å². The molecule has 7 heteroatoms. The van der Waals surface area contributed by atoms with Crippen molar-refractivity contribution in [1.82, 2.24) is 19.4 Å². The molecule has 1 aromatic carbocycles. The minimum atomic E-state index is -0.209. The van der Waals surface area contributed by atoms with Gasteiger partial charge in [0, 0.05) is 48.4 Å². The van der Waals surface area contributed by atoms with Crippen molar-refractivity contribution in [1.29, 1.82) is 5.26 Å². The van der Waals surface area contributed by atoms with Gasteiger partial charge in [0.15, 0.2) is 0 Å². The zero-order valence-electron chi connectivity index (χ0n) is 20.1. The van der Waals surface area contributed by atoms with Crippen LogP contribution in [0.1, 0.15) is 38.5 Å². The fourth-order valence-electron chi connectivity index (χ4n) is 6.30. The molecule has 0 N–H and O–H groups in total. The molecule has 1 saturated carbocycles. The van der Waals surface area contributed by atoms with Gasteiger partial charge < -0.3 is 9.74 Å². The van der Waals surface area contributed by atoms with E-state index >= 15 is 0 Å². The summed E-state index contributed by atoms with van der Waals surface area (Å²) in [6, 6.07) is 16.4. The molecule has 36 heavy (non-hydrogen) atoms. The molecule has 3 aromatic heterocycles. The van der Waals surface area contributed by atoms with E-state index in [1.54, 1.807) is 0 Å². The van der Waals surface area contributed by atoms with Crippen molar-refractivity contribution in [3.05, 3.63) is 72.6 Å². The SMILES string of the molecule is [C-]#[N+]C1CC2CCC(C1)N2c1cccn2ncc(-c3ccc(-c4cnn(CC5(C#N)CC5)c4)cc3)c12. The Balaban J connectivity index is 1.20. The van der Waals surface area contributed by atoms with E-state index in [2.05, 4.69) is 62.4 Å². The molecule has 2 saturated heterocycles. The highest BCUT2D eigenvalue weighted by Gasteiger charge is 2.44. The summed E-state index contributed by atoms with van der Waals surface area (Å²) < 4.78 is 3.90. The average molecular weight is 474 g/mol. The van der Waals surface area contributed by atoms with E-state index in [4.69, 9.17) is 6.57 Å². The zero-order chi connectivity index (χ0) is 24.3. The quantitative estimate of drug-likeness (QED) is 0.355. The number of hydrogen-bond donors (Lipinski definition) is 0. The van der Waals surface area contributed by atoms with Crippen LogP contribution >= 0.6 is 0 Å². The van der Waals surface area contributed by atoms with Crippen molar-refractivity contribution in [3.63, 3.8) is 0 Å². The molecule has 7 nitrogen and oxygen atoms in total. The number of benzene rings is 1. The van der Waals surface area contributed by atoms with Crippen LogP contribution < -0.4 is 4.90 Å². The van der Waals surface area contributed by atoms with Crippen LogP contribution in [0.15, 0.2) is 61.2 Å². The second-order valence-corrected chi connectivity index (χ2v) is 10.7. The van der Waals surface area contributed by atoms with Crippen LogP contribution in [0.4, 0.5) is 5.69 Å². The predicted octanol–water partition coefficient (Wildman–Crippen LogP) is 5.59. The molecule has 2 unspecified atom stereocenters. The highest BCUT2D eigenvalue weighted by molar-refractivity contribution is 5.91. The van der Waals surface area contributed by atoms with Crippen LogP contribution in [0.25, 0.3) is 32.6 Å². The van der Waals surface area contributed by atoms with Gasteiger partial charge in [-0.05, 0) is 48.9 Å². The molecule has 178 valence electrons. The molecule has 4 aromatic rings. The molecular formula is C29H27N7. The molecule has 0 radical (unpaired) electrons. The highest BCUT2D eigenvalue weighted by atomic mass is 15.3. The molecule has 2 atom stereocenters. The second-order valence-electron chi connectivity index (χ2n) is 10.7. The fourth-order valence-corrected chi connectivity index (χ4v) is 6.30. The first-order chi connectivity index (χ1) is 17.7. The molecular weight excluding hydrogens is 446 g/mol. The van der Waals surface area contributed by atoms with Crippen molar-refractivity contribution in [2.45, 2.75) is 63.2 Å². The van der Waals surface area contributed by atoms with Crippen LogP contribution in [0.2, 0.25) is 0 Å². The highest BCUT2D eigenvalue weighted by Crippen LogP contribution is 2.46. The number of rotatable bonds is 5. The van der Waals surface area contributed by atoms with E-state index < -0.39 is 0 Å². The normalized spacial score (nSPS) is 23.9. The van der Waals surface area contributed by atoms with E-state index in [0.717, 1.165) is 53.5 Å². The summed E-state index contributed by atoms with van der Waals surface area (Å²) in [7, 11) is 0. The Morgan fingerprint density at radius 2 is 1.75 bits per heavy atom. The van der Waals surface area contributed by atoms with E-state index in [1.165, 1.54) is 18.5 Å². The van der Waals surface area contributed by atoms with Crippen LogP contribution in [0, 0.1) is 23.3 Å². The predicted molar refractivity (Wildman–Crippen MR) is 138 cm³/mol. The lowest BCUT2D eigenvalue weighted by atomic mass is 9.96. The van der Waals surface area contributed by atoms with Crippen molar-refractivity contribution < 1.29 is 0 Å². The summed E-state index contributed by atoms with van der Waals surface area (Å²) in [6.07, 6.45) is 14.1. The van der Waals surface area contributed by atoms with Gasteiger partial charge in [-0.25, -0.2) is 11.1 Å². The third kappa shape index (κ3) is 3.38. The first-order valence-electron chi connectivity index (χ1n) is 12.8. The molecule has 2 bridgehead atoms. The number of fused-ring (bicyclic) bond motifs is 3. The number of nitriles is 1. The van der Waals surface area contributed by atoms with Gasteiger partial charge in [0.25, 0.3) is 0 Å². The van der Waals surface area contributed by atoms with Gasteiger partial charge in [0.1, 0.15) is 0 Å². The molecule has 5 heterocycles. The van der Waals surface area contributed by atoms with Gasteiger partial charge in [-0.15, -0.1) is 0 Å². The Morgan fingerprint density at radius 3 is 2.44 bits per heavy atom. The van der Waals surface area contributed by atoms with Crippen LogP contribution in [-0.2, 0) is 6.54 Å². The monoisotopic (exact) mass is 473 g/mol. The average Bonchev–Trinajstić information content (AvgIpc) is 3.20. The van der Waals surface area contributed by atoms with E-state index in [0.29, 0.717) is 18.6 Å². The maximum atomic E-state index is 9.38. The first-order valence-corrected chi connectivity index (χ1v) is 12.8. The van der Waals surface area contributed by atoms with Gasteiger partial charge >= 0.3 is 0 Å². The lowest BCUT2D eigenvalue weighted by Gasteiger charge is -2.37. The number of nitrogens with zero attached hydrogens (tertiary/aromatic N) is 7. The topological polar surface area (TPSA) is 66.5 Å². The number of aromatic nitrogens is 4. The smallest absolute Gasteiger partial charge is 0.227 e. The summed E-state index contributed by atoms with van der Waals surface area (Å²) in [5.74, 6) is 0. The van der Waals surface area contributed by atoms with E-state index in [-0.39, 0.29) is 11.5 Å². The molecule has 3 aliphatic rings. The third-order valence-electron chi connectivity index (χ3n) is 8.41. The number of hydrogen-bond acceptors (Lipinski definition) is 4. The van der Waals surface area contributed by atoms with Crippen molar-refractivity contribution in [2.24, 2.45) is 5.41 Å². The first kappa shape index (κ1) is 21.2. The Bertz CT molecular complexity index is 1510. The Kier molecular flexibility index (Phi) is 4.69. The summed E-state index contributed by atoms with van der Waals surface area (Å²) in [4.78, 5) is 6.46. The Morgan fingerprint density at radius 1 is 1.00 bits per heavy atom. The molecule has 1 aliphatic carbocycles. The van der Waals surface area contributed by atoms with Crippen molar-refractivity contribution in [2.75, 3.05) is 4.90 Å². The summed E-state index contributed by atoms with van der Waals surface area (Å²) >= 11 is 0. The Labute approximate surface area is 210 Å². The third-order valence-corrected chi connectivity index (χ3v) is 8.41. The number of pyridine rings is 1. The number of anilines is 1.